The van der Waals surface area contributed by atoms with Crippen LogP contribution in [0.2, 0.25) is 0 Å². The van der Waals surface area contributed by atoms with Gasteiger partial charge in [-0.1, -0.05) is 88.1 Å². The predicted octanol–water partition coefficient (Wildman–Crippen LogP) is 6.85. The zero-order chi connectivity index (χ0) is 19.9. The molecule has 1 unspecified atom stereocenters. The van der Waals surface area contributed by atoms with Gasteiger partial charge in [-0.3, -0.25) is 0 Å². The van der Waals surface area contributed by atoms with E-state index in [1.807, 2.05) is 24.3 Å². The van der Waals surface area contributed by atoms with E-state index in [1.165, 1.54) is 30.4 Å². The van der Waals surface area contributed by atoms with Gasteiger partial charge < -0.3 is 10.2 Å². The van der Waals surface area contributed by atoms with Crippen molar-refractivity contribution in [2.75, 3.05) is 0 Å². The normalized spacial score (nSPS) is 19.6. The lowest BCUT2D eigenvalue weighted by Gasteiger charge is -2.20. The third kappa shape index (κ3) is 5.07. The maximum Gasteiger partial charge on any atom is 0.118 e. The molecular weight excluding hydrogens is 344 g/mol. The number of hydrogen-bond acceptors (Lipinski definition) is 2. The Hall–Kier alpha value is -2.48. The first-order valence-electron chi connectivity index (χ1n) is 10.6. The molecule has 0 saturated carbocycles. The fourth-order valence-electron chi connectivity index (χ4n) is 3.98. The summed E-state index contributed by atoms with van der Waals surface area (Å²) in [7, 11) is 0. The molecular formula is C26H32O2. The molecule has 0 amide bonds. The minimum atomic E-state index is 0.239. The van der Waals surface area contributed by atoms with Gasteiger partial charge in [-0.15, -0.1) is 0 Å². The minimum Gasteiger partial charge on any atom is -0.508 e. The van der Waals surface area contributed by atoms with E-state index in [0.29, 0.717) is 17.4 Å². The Morgan fingerprint density at radius 2 is 1.43 bits per heavy atom. The molecule has 0 heterocycles. The number of benzene rings is 2. The zero-order valence-electron chi connectivity index (χ0n) is 17.0. The first kappa shape index (κ1) is 20.3. The van der Waals surface area contributed by atoms with Crippen LogP contribution in [0.3, 0.4) is 0 Å². The molecule has 0 spiro atoms. The Balaban J connectivity index is 1.71. The fraction of sp³-hybridized carbons (Fsp3) is 0.385. The van der Waals surface area contributed by atoms with Crippen molar-refractivity contribution in [3.63, 3.8) is 0 Å². The second-order valence-corrected chi connectivity index (χ2v) is 7.92. The molecule has 1 aliphatic rings. The van der Waals surface area contributed by atoms with E-state index in [9.17, 15) is 10.2 Å². The number of phenols is 2. The molecule has 0 aliphatic heterocycles. The van der Waals surface area contributed by atoms with Crippen LogP contribution in [0.5, 0.6) is 11.5 Å². The van der Waals surface area contributed by atoms with Gasteiger partial charge in [-0.25, -0.2) is 0 Å². The van der Waals surface area contributed by atoms with Crippen molar-refractivity contribution in [2.24, 2.45) is 5.92 Å². The highest BCUT2D eigenvalue weighted by Crippen LogP contribution is 2.33. The van der Waals surface area contributed by atoms with Gasteiger partial charge in [0.15, 0.2) is 0 Å². The van der Waals surface area contributed by atoms with Gasteiger partial charge in [0.2, 0.25) is 0 Å². The molecule has 2 heteroatoms. The number of hydrogen-bond donors (Lipinski definition) is 2. The molecule has 2 N–H and O–H groups in total. The SMILES string of the molecule is CCCCC(CC)Cc1cc(C2C=CC(c3ccc(O)cc3)C=C2)ccc1O. The summed E-state index contributed by atoms with van der Waals surface area (Å²) >= 11 is 0. The molecule has 0 saturated heterocycles. The molecule has 28 heavy (non-hydrogen) atoms. The average Bonchev–Trinajstić information content (AvgIpc) is 2.73. The Kier molecular flexibility index (Phi) is 6.97. The smallest absolute Gasteiger partial charge is 0.118 e. The average molecular weight is 377 g/mol. The van der Waals surface area contributed by atoms with Crippen LogP contribution in [0.25, 0.3) is 0 Å². The van der Waals surface area contributed by atoms with Gasteiger partial charge in [-0.2, -0.15) is 0 Å². The lowest BCUT2D eigenvalue weighted by Crippen LogP contribution is -2.05. The highest BCUT2D eigenvalue weighted by molar-refractivity contribution is 5.43. The topological polar surface area (TPSA) is 40.5 Å². The third-order valence-electron chi connectivity index (χ3n) is 5.87. The summed E-state index contributed by atoms with van der Waals surface area (Å²) in [6.45, 7) is 4.48. The maximum absolute atomic E-state index is 10.4. The standard InChI is InChI=1S/C26H32O2/c1-3-5-6-19(4-2)17-24-18-23(13-16-26(24)28)22-9-7-20(8-10-22)21-11-14-25(27)15-12-21/h7-16,18-20,22,27-28H,3-6,17H2,1-2H3. The van der Waals surface area contributed by atoms with E-state index in [2.05, 4.69) is 44.2 Å². The van der Waals surface area contributed by atoms with Gasteiger partial charge in [-0.05, 0) is 47.2 Å². The van der Waals surface area contributed by atoms with E-state index >= 15 is 0 Å². The van der Waals surface area contributed by atoms with Crippen molar-refractivity contribution in [2.45, 2.75) is 57.8 Å². The Labute approximate surface area is 169 Å². The van der Waals surface area contributed by atoms with Crippen LogP contribution in [0, 0.1) is 5.92 Å². The lowest BCUT2D eigenvalue weighted by molar-refractivity contribution is 0.426. The second kappa shape index (κ2) is 9.64. The van der Waals surface area contributed by atoms with E-state index < -0.39 is 0 Å². The first-order valence-corrected chi connectivity index (χ1v) is 10.6. The minimum absolute atomic E-state index is 0.239. The van der Waals surface area contributed by atoms with Crippen molar-refractivity contribution >= 4 is 0 Å². The summed E-state index contributed by atoms with van der Waals surface area (Å²) < 4.78 is 0. The lowest BCUT2D eigenvalue weighted by atomic mass is 9.85. The molecule has 1 atom stereocenters. The maximum atomic E-state index is 10.4. The number of aromatic hydroxyl groups is 2. The van der Waals surface area contributed by atoms with Crippen LogP contribution in [0.15, 0.2) is 66.8 Å². The molecule has 0 radical (unpaired) electrons. The van der Waals surface area contributed by atoms with E-state index in [-0.39, 0.29) is 11.8 Å². The predicted molar refractivity (Wildman–Crippen MR) is 117 cm³/mol. The molecule has 148 valence electrons. The monoisotopic (exact) mass is 376 g/mol. The van der Waals surface area contributed by atoms with Crippen molar-refractivity contribution in [1.29, 1.82) is 0 Å². The molecule has 3 rings (SSSR count). The Morgan fingerprint density at radius 1 is 0.821 bits per heavy atom. The molecule has 0 fully saturated rings. The molecule has 1 aliphatic carbocycles. The highest BCUT2D eigenvalue weighted by Gasteiger charge is 2.16. The molecule has 0 aromatic heterocycles. The summed E-state index contributed by atoms with van der Waals surface area (Å²) in [6, 6.07) is 13.5. The van der Waals surface area contributed by atoms with Crippen LogP contribution in [0.1, 0.15) is 68.1 Å². The quantitative estimate of drug-likeness (QED) is 0.495. The van der Waals surface area contributed by atoms with Gasteiger partial charge in [0.25, 0.3) is 0 Å². The first-order chi connectivity index (χ1) is 13.6. The number of allylic oxidation sites excluding steroid dienone is 4. The van der Waals surface area contributed by atoms with Crippen LogP contribution in [-0.4, -0.2) is 10.2 Å². The van der Waals surface area contributed by atoms with Gasteiger partial charge in [0, 0.05) is 11.8 Å². The molecule has 2 aromatic rings. The zero-order valence-corrected chi connectivity index (χ0v) is 17.0. The second-order valence-electron chi connectivity index (χ2n) is 7.92. The van der Waals surface area contributed by atoms with Crippen molar-refractivity contribution in [1.82, 2.24) is 0 Å². The molecule has 2 nitrogen and oxygen atoms in total. The summed E-state index contributed by atoms with van der Waals surface area (Å²) in [4.78, 5) is 0. The van der Waals surface area contributed by atoms with Crippen molar-refractivity contribution < 1.29 is 10.2 Å². The third-order valence-corrected chi connectivity index (χ3v) is 5.87. The number of unbranched alkanes of at least 4 members (excludes halogenated alkanes) is 1. The molecule has 0 bridgehead atoms. The van der Waals surface area contributed by atoms with Crippen molar-refractivity contribution in [3.8, 4) is 11.5 Å². The largest absolute Gasteiger partial charge is 0.508 e. The van der Waals surface area contributed by atoms with Crippen molar-refractivity contribution in [3.05, 3.63) is 83.5 Å². The summed E-state index contributed by atoms with van der Waals surface area (Å²) in [5, 5.41) is 19.8. The van der Waals surface area contributed by atoms with Gasteiger partial charge in [0.1, 0.15) is 11.5 Å². The Bertz CT molecular complexity index is 803. The van der Waals surface area contributed by atoms with Gasteiger partial charge in [0.05, 0.1) is 0 Å². The van der Waals surface area contributed by atoms with Crippen LogP contribution < -0.4 is 0 Å². The van der Waals surface area contributed by atoms with Crippen LogP contribution in [0.4, 0.5) is 0 Å². The summed E-state index contributed by atoms with van der Waals surface area (Å²) in [5.74, 6) is 1.84. The molecule has 2 aromatic carbocycles. The van der Waals surface area contributed by atoms with Crippen LogP contribution >= 0.6 is 0 Å². The number of rotatable bonds is 8. The van der Waals surface area contributed by atoms with Crippen LogP contribution in [-0.2, 0) is 6.42 Å². The summed E-state index contributed by atoms with van der Waals surface area (Å²) in [6.07, 6.45) is 14.7. The fourth-order valence-corrected chi connectivity index (χ4v) is 3.98. The van der Waals surface area contributed by atoms with E-state index in [0.717, 1.165) is 18.4 Å². The van der Waals surface area contributed by atoms with E-state index in [1.54, 1.807) is 12.1 Å². The van der Waals surface area contributed by atoms with E-state index in [4.69, 9.17) is 0 Å². The summed E-state index contributed by atoms with van der Waals surface area (Å²) in [5.41, 5.74) is 3.48. The number of phenolic OH excluding ortho intramolecular Hbond substituents is 2. The Morgan fingerprint density at radius 3 is 2.04 bits per heavy atom. The van der Waals surface area contributed by atoms with Gasteiger partial charge >= 0.3 is 0 Å². The highest BCUT2D eigenvalue weighted by atomic mass is 16.3.